The van der Waals surface area contributed by atoms with Crippen molar-refractivity contribution in [1.82, 2.24) is 5.32 Å². The number of benzene rings is 2. The van der Waals surface area contributed by atoms with Gasteiger partial charge in [0.25, 0.3) is 10.1 Å². The summed E-state index contributed by atoms with van der Waals surface area (Å²) in [5.74, 6) is 1.13. The number of nitrogens with one attached hydrogen (secondary N) is 2. The van der Waals surface area contributed by atoms with Crippen molar-refractivity contribution in [2.75, 3.05) is 19.5 Å². The lowest BCUT2D eigenvalue weighted by Crippen LogP contribution is -2.28. The van der Waals surface area contributed by atoms with Gasteiger partial charge < -0.3 is 20.1 Å². The highest BCUT2D eigenvalue weighted by Crippen LogP contribution is 2.27. The molecule has 0 aromatic heterocycles. The van der Waals surface area contributed by atoms with E-state index in [0.29, 0.717) is 11.5 Å². The average molecular weight is 366 g/mol. The number of carbonyl (C=O) groups is 1. The number of urea groups is 1. The molecule has 0 unspecified atom stereocenters. The first-order valence-corrected chi connectivity index (χ1v) is 8.61. The second kappa shape index (κ2) is 7.86. The molecule has 0 aliphatic carbocycles. The zero-order valence-electron chi connectivity index (χ0n) is 13.6. The van der Waals surface area contributed by atoms with Crippen molar-refractivity contribution in [2.45, 2.75) is 11.4 Å². The summed E-state index contributed by atoms with van der Waals surface area (Å²) in [4.78, 5) is 11.6. The number of ether oxygens (including phenoxy) is 2. The molecule has 3 N–H and O–H groups in total. The molecule has 0 bridgehead atoms. The molecule has 2 rings (SSSR count). The monoisotopic (exact) mass is 366 g/mol. The van der Waals surface area contributed by atoms with Crippen LogP contribution in [0.3, 0.4) is 0 Å². The standard InChI is InChI=1S/C16H18N2O6S/c1-23-14-7-6-11(8-15(14)24-2)10-17-16(19)18-12-4-3-5-13(9-12)25(20,21)22/h3-9H,10H2,1-2H3,(H2,17,18,19)(H,20,21,22). The van der Waals surface area contributed by atoms with Gasteiger partial charge in [-0.2, -0.15) is 8.42 Å². The summed E-state index contributed by atoms with van der Waals surface area (Å²) in [6.07, 6.45) is 0. The number of amides is 2. The summed E-state index contributed by atoms with van der Waals surface area (Å²) in [5, 5.41) is 5.13. The molecule has 2 aromatic rings. The van der Waals surface area contributed by atoms with Gasteiger partial charge in [0.2, 0.25) is 0 Å². The highest BCUT2D eigenvalue weighted by molar-refractivity contribution is 7.85. The smallest absolute Gasteiger partial charge is 0.319 e. The van der Waals surface area contributed by atoms with Crippen LogP contribution in [0.25, 0.3) is 0 Å². The number of hydrogen-bond acceptors (Lipinski definition) is 5. The molecular weight excluding hydrogens is 348 g/mol. The van der Waals surface area contributed by atoms with Gasteiger partial charge in [-0.3, -0.25) is 4.55 Å². The Kier molecular flexibility index (Phi) is 5.84. The van der Waals surface area contributed by atoms with Crippen LogP contribution in [-0.4, -0.2) is 33.2 Å². The minimum Gasteiger partial charge on any atom is -0.493 e. The van der Waals surface area contributed by atoms with Gasteiger partial charge in [-0.15, -0.1) is 0 Å². The zero-order chi connectivity index (χ0) is 18.4. The third-order valence-electron chi connectivity index (χ3n) is 3.29. The number of rotatable bonds is 6. The van der Waals surface area contributed by atoms with Gasteiger partial charge in [0.15, 0.2) is 11.5 Å². The third kappa shape index (κ3) is 5.10. The molecule has 0 atom stereocenters. The van der Waals surface area contributed by atoms with E-state index in [0.717, 1.165) is 11.6 Å². The number of methoxy groups -OCH3 is 2. The van der Waals surface area contributed by atoms with Crippen molar-refractivity contribution in [1.29, 1.82) is 0 Å². The van der Waals surface area contributed by atoms with Crippen LogP contribution in [0.15, 0.2) is 47.4 Å². The molecule has 2 amide bonds. The van der Waals surface area contributed by atoms with Crippen molar-refractivity contribution in [3.8, 4) is 11.5 Å². The van der Waals surface area contributed by atoms with Crippen LogP contribution in [0.5, 0.6) is 11.5 Å². The maximum atomic E-state index is 11.9. The van der Waals surface area contributed by atoms with E-state index in [1.807, 2.05) is 0 Å². The molecule has 9 heteroatoms. The third-order valence-corrected chi connectivity index (χ3v) is 4.14. The van der Waals surface area contributed by atoms with E-state index in [1.165, 1.54) is 32.4 Å². The highest BCUT2D eigenvalue weighted by Gasteiger charge is 2.11. The predicted octanol–water partition coefficient (Wildman–Crippen LogP) is 2.27. The Morgan fingerprint density at radius 1 is 1.08 bits per heavy atom. The van der Waals surface area contributed by atoms with Crippen LogP contribution >= 0.6 is 0 Å². The van der Waals surface area contributed by atoms with E-state index in [2.05, 4.69) is 10.6 Å². The fraction of sp³-hybridized carbons (Fsp3) is 0.188. The molecule has 0 saturated heterocycles. The van der Waals surface area contributed by atoms with Crippen molar-refractivity contribution in [2.24, 2.45) is 0 Å². The summed E-state index contributed by atoms with van der Waals surface area (Å²) >= 11 is 0. The molecule has 2 aromatic carbocycles. The normalized spacial score (nSPS) is 10.8. The van der Waals surface area contributed by atoms with E-state index >= 15 is 0 Å². The van der Waals surface area contributed by atoms with Gasteiger partial charge in [0, 0.05) is 12.2 Å². The Morgan fingerprint density at radius 2 is 1.80 bits per heavy atom. The van der Waals surface area contributed by atoms with Crippen LogP contribution in [0.4, 0.5) is 10.5 Å². The van der Waals surface area contributed by atoms with E-state index < -0.39 is 16.1 Å². The number of hydrogen-bond donors (Lipinski definition) is 3. The molecule has 0 spiro atoms. The Labute approximate surface area is 145 Å². The number of anilines is 1. The largest absolute Gasteiger partial charge is 0.493 e. The zero-order valence-corrected chi connectivity index (χ0v) is 14.5. The molecule has 8 nitrogen and oxygen atoms in total. The fourth-order valence-corrected chi connectivity index (χ4v) is 2.61. The topological polar surface area (TPSA) is 114 Å². The molecule has 0 aliphatic heterocycles. The lowest BCUT2D eigenvalue weighted by Gasteiger charge is -2.11. The second-order valence-corrected chi connectivity index (χ2v) is 6.42. The molecule has 0 fully saturated rings. The first kappa shape index (κ1) is 18.6. The molecule has 25 heavy (non-hydrogen) atoms. The van der Waals surface area contributed by atoms with Gasteiger partial charge >= 0.3 is 6.03 Å². The molecule has 0 heterocycles. The van der Waals surface area contributed by atoms with Crippen LogP contribution < -0.4 is 20.1 Å². The Balaban J connectivity index is 1.99. The Morgan fingerprint density at radius 3 is 2.44 bits per heavy atom. The maximum absolute atomic E-state index is 11.9. The Bertz CT molecular complexity index is 867. The minimum absolute atomic E-state index is 0.226. The van der Waals surface area contributed by atoms with Crippen LogP contribution in [0, 0.1) is 0 Å². The highest BCUT2D eigenvalue weighted by atomic mass is 32.2. The van der Waals surface area contributed by atoms with E-state index in [1.54, 1.807) is 18.2 Å². The van der Waals surface area contributed by atoms with Gasteiger partial charge in [0.1, 0.15) is 0 Å². The maximum Gasteiger partial charge on any atom is 0.319 e. The van der Waals surface area contributed by atoms with Gasteiger partial charge in [0.05, 0.1) is 19.1 Å². The molecule has 0 radical (unpaired) electrons. The molecule has 134 valence electrons. The SMILES string of the molecule is COc1ccc(CNC(=O)Nc2cccc(S(=O)(=O)O)c2)cc1OC. The average Bonchev–Trinajstić information content (AvgIpc) is 2.59. The van der Waals surface area contributed by atoms with E-state index in [4.69, 9.17) is 14.0 Å². The van der Waals surface area contributed by atoms with Crippen LogP contribution in [0.2, 0.25) is 0 Å². The number of carbonyl (C=O) groups excluding carboxylic acids is 1. The van der Waals surface area contributed by atoms with Crippen molar-refractivity contribution >= 4 is 21.8 Å². The molecular formula is C16H18N2O6S. The van der Waals surface area contributed by atoms with E-state index in [9.17, 15) is 13.2 Å². The summed E-state index contributed by atoms with van der Waals surface area (Å²) in [6.45, 7) is 0.226. The van der Waals surface area contributed by atoms with Crippen LogP contribution in [0.1, 0.15) is 5.56 Å². The minimum atomic E-state index is -4.33. The van der Waals surface area contributed by atoms with Gasteiger partial charge in [-0.25, -0.2) is 4.79 Å². The summed E-state index contributed by atoms with van der Waals surface area (Å²) < 4.78 is 41.5. The van der Waals surface area contributed by atoms with E-state index in [-0.39, 0.29) is 17.1 Å². The van der Waals surface area contributed by atoms with Gasteiger partial charge in [-0.1, -0.05) is 12.1 Å². The second-order valence-electron chi connectivity index (χ2n) is 5.00. The fourth-order valence-electron chi connectivity index (χ4n) is 2.08. The summed E-state index contributed by atoms with van der Waals surface area (Å²) in [5.41, 5.74) is 1.03. The summed E-state index contributed by atoms with van der Waals surface area (Å²) in [7, 11) is -1.28. The van der Waals surface area contributed by atoms with Crippen molar-refractivity contribution in [3.05, 3.63) is 48.0 Å². The lowest BCUT2D eigenvalue weighted by atomic mass is 10.2. The van der Waals surface area contributed by atoms with Crippen LogP contribution in [-0.2, 0) is 16.7 Å². The summed E-state index contributed by atoms with van der Waals surface area (Å²) in [6, 6.07) is 10.0. The van der Waals surface area contributed by atoms with Gasteiger partial charge in [-0.05, 0) is 35.9 Å². The molecule has 0 saturated carbocycles. The van der Waals surface area contributed by atoms with Crippen molar-refractivity contribution < 1.29 is 27.2 Å². The molecule has 0 aliphatic rings. The van der Waals surface area contributed by atoms with Crippen molar-refractivity contribution in [3.63, 3.8) is 0 Å². The Hall–Kier alpha value is -2.78. The first-order valence-electron chi connectivity index (χ1n) is 7.17. The quantitative estimate of drug-likeness (QED) is 0.676. The predicted molar refractivity (Wildman–Crippen MR) is 91.7 cm³/mol. The first-order chi connectivity index (χ1) is 11.8. The lowest BCUT2D eigenvalue weighted by molar-refractivity contribution is 0.251.